The molecule has 7 nitrogen and oxygen atoms in total. The van der Waals surface area contributed by atoms with Gasteiger partial charge in [0.1, 0.15) is 5.75 Å². The molecule has 0 spiro atoms. The van der Waals surface area contributed by atoms with Crippen LogP contribution in [0, 0.1) is 0 Å². The Morgan fingerprint density at radius 3 is 2.67 bits per heavy atom. The molecule has 0 aliphatic heterocycles. The minimum absolute atomic E-state index is 0.253. The molecule has 24 heavy (non-hydrogen) atoms. The number of nitrogens with one attached hydrogen (secondary N) is 2. The largest absolute Gasteiger partial charge is 0.495 e. The van der Waals surface area contributed by atoms with Gasteiger partial charge < -0.3 is 20.3 Å². The fourth-order valence-corrected chi connectivity index (χ4v) is 2.09. The van der Waals surface area contributed by atoms with Gasteiger partial charge in [-0.15, -0.1) is 10.2 Å². The van der Waals surface area contributed by atoms with Gasteiger partial charge in [0.05, 0.1) is 12.8 Å². The summed E-state index contributed by atoms with van der Waals surface area (Å²) in [6, 6.07) is 8.50. The van der Waals surface area contributed by atoms with Crippen molar-refractivity contribution in [3.05, 3.63) is 41.0 Å². The van der Waals surface area contributed by atoms with Crippen LogP contribution in [0.5, 0.6) is 5.75 Å². The van der Waals surface area contributed by atoms with Crippen molar-refractivity contribution < 1.29 is 9.53 Å². The van der Waals surface area contributed by atoms with Crippen LogP contribution >= 0.6 is 11.6 Å². The predicted octanol–water partition coefficient (Wildman–Crippen LogP) is 2.17. The number of rotatable bonds is 7. The van der Waals surface area contributed by atoms with Crippen LogP contribution in [-0.2, 0) is 0 Å². The topological polar surface area (TPSA) is 79.4 Å². The van der Waals surface area contributed by atoms with Crippen molar-refractivity contribution in [1.82, 2.24) is 20.4 Å². The monoisotopic (exact) mass is 349 g/mol. The number of nitrogens with zero attached hydrogens (tertiary/aromatic N) is 3. The summed E-state index contributed by atoms with van der Waals surface area (Å²) in [6.07, 6.45) is 0. The minimum Gasteiger partial charge on any atom is -0.495 e. The van der Waals surface area contributed by atoms with Gasteiger partial charge in [0.2, 0.25) is 0 Å². The Bertz CT molecular complexity index is 691. The number of ether oxygens (including phenoxy) is 1. The number of aromatic nitrogens is 2. The van der Waals surface area contributed by atoms with Crippen LogP contribution in [0.4, 0.5) is 11.5 Å². The average molecular weight is 350 g/mol. The number of hydrogen-bond donors (Lipinski definition) is 2. The first-order chi connectivity index (χ1) is 11.5. The van der Waals surface area contributed by atoms with E-state index in [4.69, 9.17) is 16.3 Å². The molecule has 1 heterocycles. The van der Waals surface area contributed by atoms with Gasteiger partial charge in [-0.3, -0.25) is 4.79 Å². The van der Waals surface area contributed by atoms with Crippen molar-refractivity contribution in [2.75, 3.05) is 39.6 Å². The second-order valence-corrected chi connectivity index (χ2v) is 5.77. The summed E-state index contributed by atoms with van der Waals surface area (Å²) >= 11 is 5.99. The molecule has 0 saturated heterocycles. The highest BCUT2D eigenvalue weighted by Gasteiger charge is 2.09. The van der Waals surface area contributed by atoms with Gasteiger partial charge >= 0.3 is 0 Å². The Kier molecular flexibility index (Phi) is 6.34. The molecule has 0 radical (unpaired) electrons. The molecule has 0 atom stereocenters. The Hall–Kier alpha value is -2.38. The highest BCUT2D eigenvalue weighted by Crippen LogP contribution is 2.29. The van der Waals surface area contributed by atoms with E-state index >= 15 is 0 Å². The summed E-state index contributed by atoms with van der Waals surface area (Å²) in [5.41, 5.74) is 0.930. The number of halogens is 1. The third-order valence-corrected chi connectivity index (χ3v) is 3.40. The Morgan fingerprint density at radius 2 is 2.04 bits per heavy atom. The summed E-state index contributed by atoms with van der Waals surface area (Å²) < 4.78 is 5.26. The van der Waals surface area contributed by atoms with Crippen LogP contribution in [0.1, 0.15) is 10.5 Å². The van der Waals surface area contributed by atoms with E-state index < -0.39 is 0 Å². The number of carbonyl (C=O) groups excluding carboxylic acids is 1. The average Bonchev–Trinajstić information content (AvgIpc) is 2.55. The number of likely N-dealkylation sites (N-methyl/N-ethyl adjacent to an activating group) is 1. The molecule has 0 aliphatic carbocycles. The van der Waals surface area contributed by atoms with Gasteiger partial charge in [0.15, 0.2) is 11.5 Å². The van der Waals surface area contributed by atoms with E-state index in [1.54, 1.807) is 37.4 Å². The molecule has 128 valence electrons. The van der Waals surface area contributed by atoms with Crippen molar-refractivity contribution in [1.29, 1.82) is 0 Å². The number of amides is 1. The first-order valence-electron chi connectivity index (χ1n) is 7.37. The lowest BCUT2D eigenvalue weighted by Crippen LogP contribution is -2.31. The zero-order valence-electron chi connectivity index (χ0n) is 13.8. The Labute approximate surface area is 146 Å². The Balaban J connectivity index is 2.02. The fourth-order valence-electron chi connectivity index (χ4n) is 1.92. The van der Waals surface area contributed by atoms with Crippen molar-refractivity contribution in [2.45, 2.75) is 0 Å². The molecule has 2 aromatic rings. The van der Waals surface area contributed by atoms with Crippen molar-refractivity contribution in [2.24, 2.45) is 0 Å². The molecule has 1 aromatic heterocycles. The minimum atomic E-state index is -0.253. The van der Waals surface area contributed by atoms with Crippen LogP contribution in [0.2, 0.25) is 5.02 Å². The molecule has 0 aliphatic rings. The van der Waals surface area contributed by atoms with Gasteiger partial charge in [-0.05, 0) is 44.4 Å². The standard InChI is InChI=1S/C16H20ClN5O2/c1-22(2)9-8-18-16(23)12-5-7-15(21-20-12)19-13-10-11(17)4-6-14(13)24-3/h4-7,10H,8-9H2,1-3H3,(H,18,23)(H,19,21). The fraction of sp³-hybridized carbons (Fsp3) is 0.312. The van der Waals surface area contributed by atoms with Crippen LogP contribution in [0.3, 0.4) is 0 Å². The number of anilines is 2. The SMILES string of the molecule is COc1ccc(Cl)cc1Nc1ccc(C(=O)NCCN(C)C)nn1. The summed E-state index contributed by atoms with van der Waals surface area (Å²) in [6.45, 7) is 1.31. The van der Waals surface area contributed by atoms with Crippen LogP contribution in [0.25, 0.3) is 0 Å². The summed E-state index contributed by atoms with van der Waals surface area (Å²) in [5.74, 6) is 0.864. The number of carbonyl (C=O) groups is 1. The van der Waals surface area contributed by atoms with E-state index in [9.17, 15) is 4.79 Å². The number of hydrogen-bond acceptors (Lipinski definition) is 6. The van der Waals surface area contributed by atoms with Crippen molar-refractivity contribution in [3.8, 4) is 5.75 Å². The quantitative estimate of drug-likeness (QED) is 0.797. The summed E-state index contributed by atoms with van der Waals surface area (Å²) in [4.78, 5) is 13.9. The van der Waals surface area contributed by atoms with Gasteiger partial charge in [0, 0.05) is 18.1 Å². The molecule has 0 fully saturated rings. The second-order valence-electron chi connectivity index (χ2n) is 5.33. The molecule has 8 heteroatoms. The van der Waals surface area contributed by atoms with E-state index in [0.717, 1.165) is 6.54 Å². The normalized spacial score (nSPS) is 10.5. The zero-order chi connectivity index (χ0) is 17.5. The van der Waals surface area contributed by atoms with Crippen molar-refractivity contribution in [3.63, 3.8) is 0 Å². The van der Waals surface area contributed by atoms with E-state index in [1.807, 2.05) is 19.0 Å². The maximum absolute atomic E-state index is 12.0. The lowest BCUT2D eigenvalue weighted by molar-refractivity contribution is 0.0945. The van der Waals surface area contributed by atoms with E-state index in [2.05, 4.69) is 20.8 Å². The smallest absolute Gasteiger partial charge is 0.271 e. The highest BCUT2D eigenvalue weighted by atomic mass is 35.5. The molecule has 1 amide bonds. The van der Waals surface area contributed by atoms with E-state index in [-0.39, 0.29) is 11.6 Å². The molecule has 0 bridgehead atoms. The van der Waals surface area contributed by atoms with E-state index in [1.165, 1.54) is 0 Å². The third-order valence-electron chi connectivity index (χ3n) is 3.17. The summed E-state index contributed by atoms with van der Waals surface area (Å²) in [7, 11) is 5.45. The molecule has 2 rings (SSSR count). The molecule has 2 N–H and O–H groups in total. The number of methoxy groups -OCH3 is 1. The predicted molar refractivity (Wildman–Crippen MR) is 94.2 cm³/mol. The molecular weight excluding hydrogens is 330 g/mol. The lowest BCUT2D eigenvalue weighted by Gasteiger charge is -2.11. The van der Waals surface area contributed by atoms with Crippen LogP contribution < -0.4 is 15.4 Å². The lowest BCUT2D eigenvalue weighted by atomic mass is 10.3. The van der Waals surface area contributed by atoms with Gasteiger partial charge in [-0.2, -0.15) is 0 Å². The van der Waals surface area contributed by atoms with E-state index in [0.29, 0.717) is 28.8 Å². The van der Waals surface area contributed by atoms with Gasteiger partial charge in [-0.1, -0.05) is 11.6 Å². The highest BCUT2D eigenvalue weighted by molar-refractivity contribution is 6.31. The third kappa shape index (κ3) is 5.07. The molecular formula is C16H20ClN5O2. The van der Waals surface area contributed by atoms with Crippen LogP contribution in [0.15, 0.2) is 30.3 Å². The van der Waals surface area contributed by atoms with Crippen LogP contribution in [-0.4, -0.2) is 55.3 Å². The summed E-state index contributed by atoms with van der Waals surface area (Å²) in [5, 5.41) is 14.4. The van der Waals surface area contributed by atoms with Gasteiger partial charge in [-0.25, -0.2) is 0 Å². The first-order valence-corrected chi connectivity index (χ1v) is 7.74. The van der Waals surface area contributed by atoms with Gasteiger partial charge in [0.25, 0.3) is 5.91 Å². The molecule has 1 aromatic carbocycles. The number of benzene rings is 1. The Morgan fingerprint density at radius 1 is 1.25 bits per heavy atom. The van der Waals surface area contributed by atoms with Crippen molar-refractivity contribution >= 4 is 29.0 Å². The second kappa shape index (κ2) is 8.47. The molecule has 0 saturated carbocycles. The maximum Gasteiger partial charge on any atom is 0.271 e. The maximum atomic E-state index is 12.0. The molecule has 0 unspecified atom stereocenters. The first kappa shape index (κ1) is 18.0. The zero-order valence-corrected chi connectivity index (χ0v) is 14.6.